The van der Waals surface area contributed by atoms with Gasteiger partial charge in [-0.05, 0) is 74.1 Å². The number of carbonyl (C=O) groups is 2. The normalized spacial score (nSPS) is 13.9. The van der Waals surface area contributed by atoms with Gasteiger partial charge in [0.25, 0.3) is 5.91 Å². The van der Waals surface area contributed by atoms with Crippen LogP contribution in [-0.2, 0) is 26.7 Å². The fraction of sp³-hybridized carbons (Fsp3) is 0.391. The van der Waals surface area contributed by atoms with E-state index in [-0.39, 0.29) is 24.1 Å². The first kappa shape index (κ1) is 24.6. The first-order valence-corrected chi connectivity index (χ1v) is 12.4. The molecular formula is C23H30NO6P. The van der Waals surface area contributed by atoms with E-state index in [0.717, 1.165) is 27.8 Å². The van der Waals surface area contributed by atoms with Crippen molar-refractivity contribution >= 4 is 19.2 Å². The van der Waals surface area contributed by atoms with E-state index in [1.807, 2.05) is 26.0 Å². The first-order chi connectivity index (χ1) is 14.4. The summed E-state index contributed by atoms with van der Waals surface area (Å²) in [5.41, 5.74) is 4.72. The fourth-order valence-corrected chi connectivity index (χ4v) is 4.33. The SMILES string of the molecule is CCOC(=O)[C@H](C)NC(=O)c1cc(Cc2c(C)cc(CP(C)(=O)O)cc2C)ccc1O. The van der Waals surface area contributed by atoms with Crippen molar-refractivity contribution in [2.75, 3.05) is 13.3 Å². The Morgan fingerprint density at radius 3 is 2.29 bits per heavy atom. The summed E-state index contributed by atoms with van der Waals surface area (Å²) in [5, 5.41) is 12.7. The summed E-state index contributed by atoms with van der Waals surface area (Å²) in [4.78, 5) is 34.0. The minimum atomic E-state index is -3.16. The number of hydrogen-bond acceptors (Lipinski definition) is 5. The van der Waals surface area contributed by atoms with Crippen LogP contribution in [0.15, 0.2) is 30.3 Å². The van der Waals surface area contributed by atoms with Gasteiger partial charge in [0, 0.05) is 12.8 Å². The molecule has 3 N–H and O–H groups in total. The van der Waals surface area contributed by atoms with Crippen LogP contribution in [0.25, 0.3) is 0 Å². The van der Waals surface area contributed by atoms with Crippen LogP contribution in [0.1, 0.15) is 52.0 Å². The third-order valence-corrected chi connectivity index (χ3v) is 5.86. The van der Waals surface area contributed by atoms with Gasteiger partial charge in [0.15, 0.2) is 0 Å². The average Bonchev–Trinajstić information content (AvgIpc) is 2.64. The zero-order valence-corrected chi connectivity index (χ0v) is 19.5. The number of ether oxygens (including phenoxy) is 1. The Morgan fingerprint density at radius 2 is 1.74 bits per heavy atom. The minimum absolute atomic E-state index is 0.0766. The minimum Gasteiger partial charge on any atom is -0.507 e. The largest absolute Gasteiger partial charge is 0.507 e. The lowest BCUT2D eigenvalue weighted by Gasteiger charge is -2.16. The molecule has 168 valence electrons. The highest BCUT2D eigenvalue weighted by Crippen LogP contribution is 2.40. The number of aryl methyl sites for hydroxylation is 2. The van der Waals surface area contributed by atoms with E-state index in [4.69, 9.17) is 4.74 Å². The lowest BCUT2D eigenvalue weighted by Crippen LogP contribution is -2.39. The second kappa shape index (κ2) is 10.1. The number of rotatable bonds is 8. The summed E-state index contributed by atoms with van der Waals surface area (Å²) in [6.07, 6.45) is 0.645. The molecule has 0 saturated carbocycles. The summed E-state index contributed by atoms with van der Waals surface area (Å²) >= 11 is 0. The van der Waals surface area contributed by atoms with Crippen LogP contribution >= 0.6 is 7.37 Å². The summed E-state index contributed by atoms with van der Waals surface area (Å²) in [5.74, 6) is -1.29. The maximum Gasteiger partial charge on any atom is 0.328 e. The Labute approximate surface area is 182 Å². The van der Waals surface area contributed by atoms with Crippen LogP contribution in [0.4, 0.5) is 0 Å². The second-order valence-corrected chi connectivity index (χ2v) is 10.3. The van der Waals surface area contributed by atoms with Gasteiger partial charge in [0.2, 0.25) is 7.37 Å². The van der Waals surface area contributed by atoms with E-state index in [9.17, 15) is 24.2 Å². The quantitative estimate of drug-likeness (QED) is 0.420. The van der Waals surface area contributed by atoms with Gasteiger partial charge >= 0.3 is 5.97 Å². The third-order valence-electron chi connectivity index (χ3n) is 4.91. The molecule has 2 rings (SSSR count). The number of hydrogen-bond donors (Lipinski definition) is 3. The van der Waals surface area contributed by atoms with Crippen LogP contribution in [-0.4, -0.2) is 41.2 Å². The van der Waals surface area contributed by atoms with Crippen LogP contribution < -0.4 is 5.32 Å². The molecule has 0 aromatic heterocycles. The number of amides is 1. The molecule has 2 aromatic rings. The highest BCUT2D eigenvalue weighted by molar-refractivity contribution is 7.56. The predicted octanol–water partition coefficient (Wildman–Crippen LogP) is 3.68. The highest BCUT2D eigenvalue weighted by Gasteiger charge is 2.20. The van der Waals surface area contributed by atoms with Gasteiger partial charge in [0.05, 0.1) is 12.2 Å². The monoisotopic (exact) mass is 447 g/mol. The molecular weight excluding hydrogens is 417 g/mol. The van der Waals surface area contributed by atoms with Gasteiger partial charge in [-0.3, -0.25) is 9.36 Å². The molecule has 0 heterocycles. The Kier molecular flexibility index (Phi) is 8.04. The summed E-state index contributed by atoms with van der Waals surface area (Å²) < 4.78 is 16.6. The Hall–Kier alpha value is -2.63. The van der Waals surface area contributed by atoms with Crippen LogP contribution in [0.5, 0.6) is 5.75 Å². The standard InChI is InChI=1S/C23H30NO6P/c1-6-30-23(27)16(4)24-22(26)20-12-17(7-8-21(20)25)11-19-14(2)9-18(10-15(19)3)13-31(5,28)29/h7-10,12,16,25H,6,11,13H2,1-5H3,(H,24,26)(H,28,29)/t16-/m0/s1. The molecule has 2 atom stereocenters. The number of carbonyl (C=O) groups excluding carboxylic acids is 2. The molecule has 31 heavy (non-hydrogen) atoms. The molecule has 1 unspecified atom stereocenters. The molecule has 0 aliphatic heterocycles. The smallest absolute Gasteiger partial charge is 0.328 e. The first-order valence-electron chi connectivity index (χ1n) is 10.1. The van der Waals surface area contributed by atoms with E-state index < -0.39 is 25.3 Å². The molecule has 0 aliphatic rings. The third kappa shape index (κ3) is 6.94. The van der Waals surface area contributed by atoms with Crippen molar-refractivity contribution in [1.82, 2.24) is 5.32 Å². The maximum atomic E-state index is 12.6. The van der Waals surface area contributed by atoms with Crippen molar-refractivity contribution < 1.29 is 28.9 Å². The summed E-state index contributed by atoms with van der Waals surface area (Å²) in [6.45, 7) is 8.65. The van der Waals surface area contributed by atoms with Gasteiger partial charge in [-0.15, -0.1) is 0 Å². The van der Waals surface area contributed by atoms with Crippen molar-refractivity contribution in [2.24, 2.45) is 0 Å². The molecule has 7 nitrogen and oxygen atoms in total. The number of phenolic OH excluding ortho intramolecular Hbond substituents is 1. The lowest BCUT2D eigenvalue weighted by molar-refractivity contribution is -0.144. The van der Waals surface area contributed by atoms with Crippen LogP contribution in [0.3, 0.4) is 0 Å². The molecule has 0 spiro atoms. The van der Waals surface area contributed by atoms with Crippen molar-refractivity contribution in [3.05, 3.63) is 63.7 Å². The number of nitrogens with one attached hydrogen (secondary N) is 1. The van der Waals surface area contributed by atoms with E-state index in [2.05, 4.69) is 5.32 Å². The van der Waals surface area contributed by atoms with E-state index >= 15 is 0 Å². The Morgan fingerprint density at radius 1 is 1.13 bits per heavy atom. The van der Waals surface area contributed by atoms with E-state index in [0.29, 0.717) is 6.42 Å². The molecule has 0 fully saturated rings. The van der Waals surface area contributed by atoms with Gasteiger partial charge in [-0.25, -0.2) is 4.79 Å². The molecule has 8 heteroatoms. The maximum absolute atomic E-state index is 12.6. The van der Waals surface area contributed by atoms with Crippen LogP contribution in [0.2, 0.25) is 0 Å². The van der Waals surface area contributed by atoms with E-state index in [1.54, 1.807) is 19.1 Å². The van der Waals surface area contributed by atoms with Crippen molar-refractivity contribution in [3.63, 3.8) is 0 Å². The molecule has 0 bridgehead atoms. The lowest BCUT2D eigenvalue weighted by atomic mass is 9.93. The second-order valence-electron chi connectivity index (χ2n) is 7.89. The summed E-state index contributed by atoms with van der Waals surface area (Å²) in [7, 11) is -3.16. The zero-order valence-electron chi connectivity index (χ0n) is 18.6. The number of esters is 1. The fourth-order valence-electron chi connectivity index (χ4n) is 3.47. The molecule has 1 amide bonds. The molecule has 2 aromatic carbocycles. The molecule has 0 aliphatic carbocycles. The Bertz CT molecular complexity index is 1000. The number of aromatic hydroxyl groups is 1. The van der Waals surface area contributed by atoms with Crippen molar-refractivity contribution in [3.8, 4) is 5.75 Å². The number of phenols is 1. The predicted molar refractivity (Wildman–Crippen MR) is 120 cm³/mol. The van der Waals surface area contributed by atoms with Gasteiger partial charge in [-0.1, -0.05) is 18.2 Å². The van der Waals surface area contributed by atoms with Crippen molar-refractivity contribution in [1.29, 1.82) is 0 Å². The topological polar surface area (TPSA) is 113 Å². The van der Waals surface area contributed by atoms with Gasteiger partial charge < -0.3 is 20.1 Å². The number of benzene rings is 2. The van der Waals surface area contributed by atoms with Gasteiger partial charge in [-0.2, -0.15) is 0 Å². The van der Waals surface area contributed by atoms with Crippen LogP contribution in [0, 0.1) is 13.8 Å². The Balaban J connectivity index is 2.25. The zero-order chi connectivity index (χ0) is 23.3. The highest BCUT2D eigenvalue weighted by atomic mass is 31.2. The van der Waals surface area contributed by atoms with Crippen molar-refractivity contribution in [2.45, 2.75) is 46.3 Å². The summed E-state index contributed by atoms with van der Waals surface area (Å²) in [6, 6.07) is 7.77. The van der Waals surface area contributed by atoms with Gasteiger partial charge in [0.1, 0.15) is 11.8 Å². The average molecular weight is 447 g/mol. The molecule has 0 saturated heterocycles. The van der Waals surface area contributed by atoms with E-state index in [1.165, 1.54) is 19.7 Å². The molecule has 0 radical (unpaired) electrons.